The van der Waals surface area contributed by atoms with E-state index in [2.05, 4.69) is 0 Å². The molecule has 2 aromatic carbocycles. The second-order valence-corrected chi connectivity index (χ2v) is 10.5. The number of benzene rings is 2. The van der Waals surface area contributed by atoms with Crippen molar-refractivity contribution in [3.05, 3.63) is 60.2 Å². The summed E-state index contributed by atoms with van der Waals surface area (Å²) in [5, 5.41) is 5.14. The SMILES string of the molecule is NS(=O)(=O)c1ccc(N2C(=O)CC(N(CCc3ccccc3)C(=O)C3CCCCC3)C2=O)cc1. The van der Waals surface area contributed by atoms with Gasteiger partial charge in [0.25, 0.3) is 5.91 Å². The van der Waals surface area contributed by atoms with Crippen LogP contribution in [-0.2, 0) is 30.8 Å². The number of imide groups is 1. The summed E-state index contributed by atoms with van der Waals surface area (Å²) in [6.07, 6.45) is 5.18. The van der Waals surface area contributed by atoms with E-state index in [-0.39, 0.29) is 28.8 Å². The second kappa shape index (κ2) is 10.1. The second-order valence-electron chi connectivity index (χ2n) is 8.93. The Bertz CT molecular complexity index is 1160. The molecule has 8 nitrogen and oxygen atoms in total. The minimum absolute atomic E-state index is 0.0618. The Labute approximate surface area is 199 Å². The molecule has 1 aliphatic carbocycles. The van der Waals surface area contributed by atoms with Crippen LogP contribution in [0.2, 0.25) is 0 Å². The Morgan fingerprint density at radius 2 is 1.62 bits per heavy atom. The van der Waals surface area contributed by atoms with Gasteiger partial charge in [-0.05, 0) is 49.1 Å². The van der Waals surface area contributed by atoms with Crippen LogP contribution in [0.4, 0.5) is 5.69 Å². The van der Waals surface area contributed by atoms with E-state index in [1.54, 1.807) is 4.90 Å². The molecule has 1 saturated carbocycles. The van der Waals surface area contributed by atoms with Gasteiger partial charge in [0.1, 0.15) is 6.04 Å². The third kappa shape index (κ3) is 5.20. The van der Waals surface area contributed by atoms with E-state index in [0.717, 1.165) is 42.6 Å². The number of nitrogens with two attached hydrogens (primary N) is 1. The fourth-order valence-corrected chi connectivity index (χ4v) is 5.33. The van der Waals surface area contributed by atoms with Gasteiger partial charge in [-0.2, -0.15) is 0 Å². The molecule has 0 spiro atoms. The van der Waals surface area contributed by atoms with Gasteiger partial charge in [0.2, 0.25) is 21.8 Å². The van der Waals surface area contributed by atoms with E-state index in [1.807, 2.05) is 30.3 Å². The summed E-state index contributed by atoms with van der Waals surface area (Å²) >= 11 is 0. The van der Waals surface area contributed by atoms with E-state index >= 15 is 0 Å². The van der Waals surface area contributed by atoms with Crippen LogP contribution in [0.3, 0.4) is 0 Å². The van der Waals surface area contributed by atoms with Crippen molar-refractivity contribution < 1.29 is 22.8 Å². The number of rotatable bonds is 7. The summed E-state index contributed by atoms with van der Waals surface area (Å²) in [5.74, 6) is -1.08. The first-order valence-electron chi connectivity index (χ1n) is 11.6. The first kappa shape index (κ1) is 24.1. The summed E-state index contributed by atoms with van der Waals surface area (Å²) in [4.78, 5) is 42.3. The lowest BCUT2D eigenvalue weighted by atomic mass is 9.87. The van der Waals surface area contributed by atoms with Crippen LogP contribution in [-0.4, -0.2) is 43.6 Å². The number of amides is 3. The molecule has 2 N–H and O–H groups in total. The highest BCUT2D eigenvalue weighted by Crippen LogP contribution is 2.31. The van der Waals surface area contributed by atoms with Crippen molar-refractivity contribution >= 4 is 33.4 Å². The summed E-state index contributed by atoms with van der Waals surface area (Å²) in [6.45, 7) is 0.348. The van der Waals surface area contributed by atoms with Crippen molar-refractivity contribution in [1.82, 2.24) is 4.90 Å². The first-order valence-corrected chi connectivity index (χ1v) is 13.1. The van der Waals surface area contributed by atoms with Crippen LogP contribution in [0.25, 0.3) is 0 Å². The normalized spacial score (nSPS) is 19.4. The standard InChI is InChI=1S/C25H29N3O5S/c26-34(32,33)21-13-11-20(12-14-21)28-23(29)17-22(25(28)31)27(16-15-18-7-3-1-4-8-18)24(30)19-9-5-2-6-10-19/h1,3-4,7-8,11-14,19,22H,2,5-6,9-10,15-17H2,(H2,26,32,33). The molecule has 3 amide bonds. The predicted molar refractivity (Wildman–Crippen MR) is 127 cm³/mol. The van der Waals surface area contributed by atoms with Gasteiger partial charge in [0, 0.05) is 12.5 Å². The third-order valence-corrected chi connectivity index (χ3v) is 7.57. The minimum atomic E-state index is -3.89. The lowest BCUT2D eigenvalue weighted by Crippen LogP contribution is -2.48. The first-order chi connectivity index (χ1) is 16.3. The smallest absolute Gasteiger partial charge is 0.257 e. The van der Waals surface area contributed by atoms with Crippen LogP contribution in [0.5, 0.6) is 0 Å². The van der Waals surface area contributed by atoms with E-state index in [4.69, 9.17) is 5.14 Å². The molecular weight excluding hydrogens is 454 g/mol. The average molecular weight is 484 g/mol. The Balaban J connectivity index is 1.58. The number of carbonyl (C=O) groups excluding carboxylic acids is 3. The van der Waals surface area contributed by atoms with Crippen LogP contribution >= 0.6 is 0 Å². The van der Waals surface area contributed by atoms with Gasteiger partial charge < -0.3 is 4.90 Å². The zero-order valence-corrected chi connectivity index (χ0v) is 19.7. The summed E-state index contributed by atoms with van der Waals surface area (Å²) in [7, 11) is -3.89. The Morgan fingerprint density at radius 3 is 2.24 bits per heavy atom. The molecule has 34 heavy (non-hydrogen) atoms. The molecule has 1 aliphatic heterocycles. The fourth-order valence-electron chi connectivity index (χ4n) is 4.81. The molecule has 1 unspecified atom stereocenters. The Morgan fingerprint density at radius 1 is 0.971 bits per heavy atom. The molecular formula is C25H29N3O5S. The number of anilines is 1. The molecule has 1 saturated heterocycles. The highest BCUT2D eigenvalue weighted by molar-refractivity contribution is 7.89. The quantitative estimate of drug-likeness (QED) is 0.608. The highest BCUT2D eigenvalue weighted by atomic mass is 32.2. The molecule has 4 rings (SSSR count). The molecule has 1 atom stereocenters. The van der Waals surface area contributed by atoms with Gasteiger partial charge in [0.05, 0.1) is 17.0 Å². The Hall–Kier alpha value is -3.04. The van der Waals surface area contributed by atoms with Gasteiger partial charge in [-0.3, -0.25) is 14.4 Å². The molecule has 0 radical (unpaired) electrons. The van der Waals surface area contributed by atoms with Gasteiger partial charge in [-0.1, -0.05) is 49.6 Å². The van der Waals surface area contributed by atoms with Crippen molar-refractivity contribution in [2.75, 3.05) is 11.4 Å². The average Bonchev–Trinajstić information content (AvgIpc) is 3.13. The van der Waals surface area contributed by atoms with Crippen molar-refractivity contribution in [3.63, 3.8) is 0 Å². The molecule has 9 heteroatoms. The largest absolute Gasteiger partial charge is 0.330 e. The predicted octanol–water partition coefficient (Wildman–Crippen LogP) is 2.62. The lowest BCUT2D eigenvalue weighted by Gasteiger charge is -2.32. The molecule has 0 aromatic heterocycles. The number of hydrogen-bond donors (Lipinski definition) is 1. The maximum absolute atomic E-state index is 13.5. The summed E-state index contributed by atoms with van der Waals surface area (Å²) < 4.78 is 23.1. The maximum atomic E-state index is 13.5. The fraction of sp³-hybridized carbons (Fsp3) is 0.400. The van der Waals surface area contributed by atoms with Crippen molar-refractivity contribution in [2.45, 2.75) is 55.9 Å². The van der Waals surface area contributed by atoms with Gasteiger partial charge in [-0.25, -0.2) is 18.5 Å². The number of sulfonamides is 1. The highest BCUT2D eigenvalue weighted by Gasteiger charge is 2.45. The van der Waals surface area contributed by atoms with Crippen LogP contribution in [0, 0.1) is 5.92 Å². The molecule has 2 aromatic rings. The molecule has 2 aliphatic rings. The zero-order valence-electron chi connectivity index (χ0n) is 18.9. The summed E-state index contributed by atoms with van der Waals surface area (Å²) in [6, 6.07) is 14.2. The number of carbonyl (C=O) groups is 3. The monoisotopic (exact) mass is 483 g/mol. The number of hydrogen-bond acceptors (Lipinski definition) is 5. The lowest BCUT2D eigenvalue weighted by molar-refractivity contribution is -0.142. The molecule has 0 bridgehead atoms. The molecule has 2 fully saturated rings. The maximum Gasteiger partial charge on any atom is 0.257 e. The topological polar surface area (TPSA) is 118 Å². The van der Waals surface area contributed by atoms with Crippen LogP contribution in [0.15, 0.2) is 59.5 Å². The third-order valence-electron chi connectivity index (χ3n) is 6.64. The van der Waals surface area contributed by atoms with Crippen molar-refractivity contribution in [3.8, 4) is 0 Å². The van der Waals surface area contributed by atoms with Crippen LogP contribution in [0.1, 0.15) is 44.1 Å². The van der Waals surface area contributed by atoms with Crippen molar-refractivity contribution in [1.29, 1.82) is 0 Å². The number of nitrogens with zero attached hydrogens (tertiary/aromatic N) is 2. The van der Waals surface area contributed by atoms with E-state index in [9.17, 15) is 22.8 Å². The van der Waals surface area contributed by atoms with Gasteiger partial charge >= 0.3 is 0 Å². The molecule has 1 heterocycles. The van der Waals surface area contributed by atoms with Gasteiger partial charge in [0.15, 0.2) is 0 Å². The van der Waals surface area contributed by atoms with E-state index in [0.29, 0.717) is 13.0 Å². The minimum Gasteiger partial charge on any atom is -0.330 e. The molecule has 180 valence electrons. The summed E-state index contributed by atoms with van der Waals surface area (Å²) in [5.41, 5.74) is 1.31. The zero-order chi connectivity index (χ0) is 24.3. The van der Waals surface area contributed by atoms with Gasteiger partial charge in [-0.15, -0.1) is 0 Å². The number of primary sulfonamides is 1. The van der Waals surface area contributed by atoms with Crippen LogP contribution < -0.4 is 10.0 Å². The van der Waals surface area contributed by atoms with E-state index < -0.39 is 27.9 Å². The van der Waals surface area contributed by atoms with E-state index in [1.165, 1.54) is 24.3 Å². The van der Waals surface area contributed by atoms with Crippen molar-refractivity contribution in [2.24, 2.45) is 11.1 Å². The Kier molecular flexibility index (Phi) is 7.13.